The van der Waals surface area contributed by atoms with Gasteiger partial charge in [-0.1, -0.05) is 29.8 Å². The smallest absolute Gasteiger partial charge is 0.338 e. The minimum Gasteiger partial charge on any atom is -0.456 e. The first-order valence-corrected chi connectivity index (χ1v) is 10.1. The van der Waals surface area contributed by atoms with E-state index in [-0.39, 0.29) is 17.1 Å². The molecule has 6 nitrogen and oxygen atoms in total. The standard InChI is InChI=1S/C20H17ClN2O4S/c1-23(18-9-5-7-16(21)13-18)28(25,26)19-10-4-6-15(12-19)20(24)27-14-17-8-2-3-11-22-17/h2-13H,14H2,1H3. The Hall–Kier alpha value is -2.90. The van der Waals surface area contributed by atoms with Crippen molar-refractivity contribution in [1.82, 2.24) is 4.98 Å². The van der Waals surface area contributed by atoms with Gasteiger partial charge < -0.3 is 4.74 Å². The van der Waals surface area contributed by atoms with Crippen molar-refractivity contribution >= 4 is 33.3 Å². The molecular weight excluding hydrogens is 400 g/mol. The molecule has 2 aromatic carbocycles. The van der Waals surface area contributed by atoms with Gasteiger partial charge in [0.2, 0.25) is 0 Å². The highest BCUT2D eigenvalue weighted by Crippen LogP contribution is 2.25. The molecule has 8 heteroatoms. The van der Waals surface area contributed by atoms with E-state index in [1.54, 1.807) is 48.7 Å². The zero-order valence-electron chi connectivity index (χ0n) is 14.9. The van der Waals surface area contributed by atoms with E-state index in [0.717, 1.165) is 4.31 Å². The number of esters is 1. The fourth-order valence-electron chi connectivity index (χ4n) is 2.46. The molecule has 0 N–H and O–H groups in total. The number of carbonyl (C=O) groups excluding carboxylic acids is 1. The highest BCUT2D eigenvalue weighted by atomic mass is 35.5. The monoisotopic (exact) mass is 416 g/mol. The molecule has 0 aliphatic heterocycles. The number of hydrogen-bond donors (Lipinski definition) is 0. The van der Waals surface area contributed by atoms with Crippen molar-refractivity contribution in [2.45, 2.75) is 11.5 Å². The van der Waals surface area contributed by atoms with Crippen LogP contribution in [0.25, 0.3) is 0 Å². The number of anilines is 1. The predicted molar refractivity (Wildman–Crippen MR) is 107 cm³/mol. The summed E-state index contributed by atoms with van der Waals surface area (Å²) in [5.41, 5.74) is 1.15. The van der Waals surface area contributed by atoms with Crippen molar-refractivity contribution in [3.63, 3.8) is 0 Å². The number of hydrogen-bond acceptors (Lipinski definition) is 5. The molecule has 0 aliphatic carbocycles. The largest absolute Gasteiger partial charge is 0.456 e. The van der Waals surface area contributed by atoms with Crippen LogP contribution in [-0.2, 0) is 21.4 Å². The Morgan fingerprint density at radius 1 is 1.07 bits per heavy atom. The molecule has 3 aromatic rings. The van der Waals surface area contributed by atoms with Crippen LogP contribution in [-0.4, -0.2) is 26.4 Å². The summed E-state index contributed by atoms with van der Waals surface area (Å²) in [5, 5.41) is 0.423. The Kier molecular flexibility index (Phi) is 5.96. The van der Waals surface area contributed by atoms with Gasteiger partial charge in [-0.2, -0.15) is 0 Å². The van der Waals surface area contributed by atoms with Gasteiger partial charge in [-0.05, 0) is 48.5 Å². The second kappa shape index (κ2) is 8.41. The first-order valence-electron chi connectivity index (χ1n) is 8.29. The van der Waals surface area contributed by atoms with Gasteiger partial charge in [0.05, 0.1) is 21.8 Å². The molecule has 0 radical (unpaired) electrons. The van der Waals surface area contributed by atoms with Gasteiger partial charge in [0.15, 0.2) is 0 Å². The van der Waals surface area contributed by atoms with Crippen LogP contribution in [0.15, 0.2) is 77.8 Å². The third kappa shape index (κ3) is 4.49. The molecule has 0 bridgehead atoms. The molecule has 3 rings (SSSR count). The number of rotatable bonds is 6. The van der Waals surface area contributed by atoms with Crippen LogP contribution < -0.4 is 4.31 Å². The lowest BCUT2D eigenvalue weighted by Crippen LogP contribution is -2.26. The average Bonchev–Trinajstić information content (AvgIpc) is 2.72. The molecule has 0 saturated heterocycles. The highest BCUT2D eigenvalue weighted by molar-refractivity contribution is 7.92. The molecule has 0 unspecified atom stereocenters. The van der Waals surface area contributed by atoms with E-state index >= 15 is 0 Å². The van der Waals surface area contributed by atoms with Gasteiger partial charge >= 0.3 is 5.97 Å². The third-order valence-corrected chi connectivity index (χ3v) is 5.99. The number of sulfonamides is 1. The summed E-state index contributed by atoms with van der Waals surface area (Å²) in [6.07, 6.45) is 1.60. The Balaban J connectivity index is 1.80. The fraction of sp³-hybridized carbons (Fsp3) is 0.100. The molecule has 1 aromatic heterocycles. The van der Waals surface area contributed by atoms with Crippen molar-refractivity contribution < 1.29 is 17.9 Å². The van der Waals surface area contributed by atoms with Crippen molar-refractivity contribution in [3.8, 4) is 0 Å². The van der Waals surface area contributed by atoms with E-state index in [4.69, 9.17) is 16.3 Å². The lowest BCUT2D eigenvalue weighted by molar-refractivity contribution is 0.0467. The second-order valence-electron chi connectivity index (χ2n) is 5.88. The van der Waals surface area contributed by atoms with Gasteiger partial charge in [-0.3, -0.25) is 9.29 Å². The molecule has 0 spiro atoms. The van der Waals surface area contributed by atoms with Crippen LogP contribution >= 0.6 is 11.6 Å². The van der Waals surface area contributed by atoms with E-state index in [2.05, 4.69) is 4.98 Å². The summed E-state index contributed by atoms with van der Waals surface area (Å²) in [4.78, 5) is 16.4. The number of pyridine rings is 1. The molecule has 0 saturated carbocycles. The Morgan fingerprint density at radius 3 is 2.57 bits per heavy atom. The van der Waals surface area contributed by atoms with Crippen molar-refractivity contribution in [1.29, 1.82) is 0 Å². The number of nitrogens with zero attached hydrogens (tertiary/aromatic N) is 2. The summed E-state index contributed by atoms with van der Waals surface area (Å²) >= 11 is 5.95. The lowest BCUT2D eigenvalue weighted by atomic mass is 10.2. The zero-order chi connectivity index (χ0) is 20.1. The molecule has 28 heavy (non-hydrogen) atoms. The van der Waals surface area contributed by atoms with Gasteiger partial charge in [0.1, 0.15) is 6.61 Å². The Bertz CT molecular complexity index is 1090. The van der Waals surface area contributed by atoms with Gasteiger partial charge in [-0.15, -0.1) is 0 Å². The van der Waals surface area contributed by atoms with Crippen molar-refractivity contribution in [2.75, 3.05) is 11.4 Å². The Morgan fingerprint density at radius 2 is 1.86 bits per heavy atom. The van der Waals surface area contributed by atoms with Gasteiger partial charge in [0, 0.05) is 18.3 Å². The molecule has 0 fully saturated rings. The summed E-state index contributed by atoms with van der Waals surface area (Å²) < 4.78 is 32.2. The second-order valence-corrected chi connectivity index (χ2v) is 8.28. The van der Waals surface area contributed by atoms with Crippen molar-refractivity contribution in [3.05, 3.63) is 89.2 Å². The summed E-state index contributed by atoms with van der Waals surface area (Å²) in [5.74, 6) is -0.631. The summed E-state index contributed by atoms with van der Waals surface area (Å²) in [6, 6.07) is 17.5. The first kappa shape index (κ1) is 19.9. The number of carbonyl (C=O) groups is 1. The van der Waals surface area contributed by atoms with E-state index in [1.807, 2.05) is 0 Å². The maximum absolute atomic E-state index is 12.9. The zero-order valence-corrected chi connectivity index (χ0v) is 16.5. The molecule has 144 valence electrons. The SMILES string of the molecule is CN(c1cccc(Cl)c1)S(=O)(=O)c1cccc(C(=O)OCc2ccccn2)c1. The van der Waals surface area contributed by atoms with E-state index in [9.17, 15) is 13.2 Å². The molecule has 0 aliphatic rings. The molecule has 0 atom stereocenters. The van der Waals surface area contributed by atoms with Crippen molar-refractivity contribution in [2.24, 2.45) is 0 Å². The fourth-order valence-corrected chi connectivity index (χ4v) is 3.88. The van der Waals surface area contributed by atoms with Crippen LogP contribution in [0.3, 0.4) is 0 Å². The molecule has 1 heterocycles. The quantitative estimate of drug-likeness (QED) is 0.569. The van der Waals surface area contributed by atoms with Crippen LogP contribution in [0, 0.1) is 0 Å². The average molecular weight is 417 g/mol. The minimum absolute atomic E-state index is 0.000924. The number of halogens is 1. The van der Waals surface area contributed by atoms with Crippen LogP contribution in [0.1, 0.15) is 16.1 Å². The highest BCUT2D eigenvalue weighted by Gasteiger charge is 2.23. The van der Waals surface area contributed by atoms with Crippen LogP contribution in [0.5, 0.6) is 0 Å². The predicted octanol–water partition coefficient (Wildman–Crippen LogP) is 3.92. The maximum Gasteiger partial charge on any atom is 0.338 e. The number of ether oxygens (including phenoxy) is 1. The van der Waals surface area contributed by atoms with E-state index in [0.29, 0.717) is 16.4 Å². The number of aromatic nitrogens is 1. The molecular formula is C20H17ClN2O4S. The van der Waals surface area contributed by atoms with E-state index < -0.39 is 16.0 Å². The molecule has 0 amide bonds. The van der Waals surface area contributed by atoms with E-state index in [1.165, 1.54) is 31.3 Å². The topological polar surface area (TPSA) is 76.6 Å². The van der Waals surface area contributed by atoms with Gasteiger partial charge in [-0.25, -0.2) is 13.2 Å². The first-order chi connectivity index (χ1) is 13.4. The van der Waals surface area contributed by atoms with Crippen LogP contribution in [0.4, 0.5) is 5.69 Å². The lowest BCUT2D eigenvalue weighted by Gasteiger charge is -2.20. The third-order valence-electron chi connectivity index (χ3n) is 3.98. The Labute approximate surface area is 168 Å². The normalized spacial score (nSPS) is 11.1. The maximum atomic E-state index is 12.9. The van der Waals surface area contributed by atoms with Gasteiger partial charge in [0.25, 0.3) is 10.0 Å². The summed E-state index contributed by atoms with van der Waals surface area (Å²) in [7, 11) is -2.45. The summed E-state index contributed by atoms with van der Waals surface area (Å²) in [6.45, 7) is -0.000924. The van der Waals surface area contributed by atoms with Crippen LogP contribution in [0.2, 0.25) is 5.02 Å². The number of benzene rings is 2. The minimum atomic E-state index is -3.88.